The lowest BCUT2D eigenvalue weighted by Crippen LogP contribution is -2.51. The van der Waals surface area contributed by atoms with Crippen LogP contribution in [0.2, 0.25) is 0 Å². The zero-order chi connectivity index (χ0) is 20.6. The van der Waals surface area contributed by atoms with Gasteiger partial charge in [-0.25, -0.2) is 0 Å². The van der Waals surface area contributed by atoms with Gasteiger partial charge in [-0.3, -0.25) is 9.59 Å². The number of nitrogens with one attached hydrogen (secondary N) is 1. The Morgan fingerprint density at radius 2 is 1.66 bits per heavy atom. The lowest BCUT2D eigenvalue weighted by molar-refractivity contribution is -0.141. The third-order valence-electron chi connectivity index (χ3n) is 5.76. The summed E-state index contributed by atoms with van der Waals surface area (Å²) in [6.45, 7) is 4.48. The summed E-state index contributed by atoms with van der Waals surface area (Å²) in [6.07, 6.45) is 5.32. The summed E-state index contributed by atoms with van der Waals surface area (Å²) in [5.41, 5.74) is 3.20. The Morgan fingerprint density at radius 1 is 1.00 bits per heavy atom. The molecule has 1 saturated carbocycles. The highest BCUT2D eigenvalue weighted by Crippen LogP contribution is 2.20. The first-order valence-corrected chi connectivity index (χ1v) is 10.8. The van der Waals surface area contributed by atoms with E-state index in [0.717, 1.165) is 24.0 Å². The fourth-order valence-corrected chi connectivity index (χ4v) is 4.05. The summed E-state index contributed by atoms with van der Waals surface area (Å²) in [5, 5.41) is 3.19. The van der Waals surface area contributed by atoms with Crippen LogP contribution >= 0.6 is 0 Å². The summed E-state index contributed by atoms with van der Waals surface area (Å²) in [6, 6.07) is 17.7. The Bertz CT molecular complexity index is 795. The van der Waals surface area contributed by atoms with Crippen molar-refractivity contribution in [2.45, 2.75) is 71.0 Å². The fourth-order valence-electron chi connectivity index (χ4n) is 4.05. The van der Waals surface area contributed by atoms with Crippen molar-refractivity contribution < 1.29 is 9.59 Å². The summed E-state index contributed by atoms with van der Waals surface area (Å²) in [5.74, 6) is -0.0295. The van der Waals surface area contributed by atoms with E-state index in [4.69, 9.17) is 0 Å². The fraction of sp³-hybridized carbons (Fsp3) is 0.440. The Kier molecular flexibility index (Phi) is 7.45. The zero-order valence-electron chi connectivity index (χ0n) is 17.6. The summed E-state index contributed by atoms with van der Waals surface area (Å²) in [7, 11) is 0. The lowest BCUT2D eigenvalue weighted by Gasteiger charge is -2.31. The van der Waals surface area contributed by atoms with Crippen molar-refractivity contribution in [1.29, 1.82) is 0 Å². The molecular weight excluding hydrogens is 360 g/mol. The topological polar surface area (TPSA) is 49.4 Å². The molecule has 4 heteroatoms. The van der Waals surface area contributed by atoms with Gasteiger partial charge >= 0.3 is 0 Å². The molecule has 0 spiro atoms. The molecule has 1 atom stereocenters. The quantitative estimate of drug-likeness (QED) is 0.724. The molecule has 29 heavy (non-hydrogen) atoms. The van der Waals surface area contributed by atoms with E-state index in [1.165, 1.54) is 18.4 Å². The molecule has 0 heterocycles. The van der Waals surface area contributed by atoms with Gasteiger partial charge in [0.25, 0.3) is 0 Å². The van der Waals surface area contributed by atoms with E-state index in [2.05, 4.69) is 17.4 Å². The number of nitrogens with zero attached hydrogens (tertiary/aromatic N) is 1. The van der Waals surface area contributed by atoms with E-state index in [9.17, 15) is 9.59 Å². The summed E-state index contributed by atoms with van der Waals surface area (Å²) in [4.78, 5) is 28.1. The lowest BCUT2D eigenvalue weighted by atomic mass is 10.1. The van der Waals surface area contributed by atoms with Crippen LogP contribution in [0.15, 0.2) is 54.6 Å². The molecule has 3 rings (SSSR count). The molecular formula is C25H32N2O2. The van der Waals surface area contributed by atoms with Gasteiger partial charge in [0, 0.05) is 12.6 Å². The van der Waals surface area contributed by atoms with Crippen LogP contribution in [0.3, 0.4) is 0 Å². The Balaban J connectivity index is 1.79. The smallest absolute Gasteiger partial charge is 0.243 e. The van der Waals surface area contributed by atoms with E-state index in [1.807, 2.05) is 56.3 Å². The maximum absolute atomic E-state index is 13.3. The molecule has 0 radical (unpaired) electrons. The number of hydrogen-bond donors (Lipinski definition) is 1. The van der Waals surface area contributed by atoms with Crippen LogP contribution in [0.25, 0.3) is 0 Å². The van der Waals surface area contributed by atoms with Crippen LogP contribution < -0.4 is 5.32 Å². The maximum Gasteiger partial charge on any atom is 0.243 e. The minimum absolute atomic E-state index is 0.00908. The van der Waals surface area contributed by atoms with Gasteiger partial charge in [-0.2, -0.15) is 0 Å². The van der Waals surface area contributed by atoms with Gasteiger partial charge in [0.2, 0.25) is 11.8 Å². The van der Waals surface area contributed by atoms with Gasteiger partial charge in [-0.15, -0.1) is 0 Å². The SMILES string of the molecule is CC[C@@H](C(=O)NC1CCCC1)N(Cc1ccc(C)cc1)C(=O)Cc1ccccc1. The van der Waals surface area contributed by atoms with Crippen molar-refractivity contribution in [3.63, 3.8) is 0 Å². The first-order valence-electron chi connectivity index (χ1n) is 10.8. The highest BCUT2D eigenvalue weighted by Gasteiger charge is 2.30. The average molecular weight is 393 g/mol. The molecule has 0 unspecified atom stereocenters. The highest BCUT2D eigenvalue weighted by molar-refractivity contribution is 5.88. The van der Waals surface area contributed by atoms with Crippen LogP contribution in [0.5, 0.6) is 0 Å². The van der Waals surface area contributed by atoms with Crippen molar-refractivity contribution in [2.75, 3.05) is 0 Å². The van der Waals surface area contributed by atoms with E-state index < -0.39 is 6.04 Å². The molecule has 1 fully saturated rings. The van der Waals surface area contributed by atoms with Crippen LogP contribution in [0.4, 0.5) is 0 Å². The molecule has 1 N–H and O–H groups in total. The van der Waals surface area contributed by atoms with Gasteiger partial charge in [-0.1, -0.05) is 79.9 Å². The maximum atomic E-state index is 13.3. The van der Waals surface area contributed by atoms with Crippen LogP contribution in [0, 0.1) is 6.92 Å². The van der Waals surface area contributed by atoms with Crippen molar-refractivity contribution in [2.24, 2.45) is 0 Å². The molecule has 0 bridgehead atoms. The molecule has 4 nitrogen and oxygen atoms in total. The molecule has 154 valence electrons. The average Bonchev–Trinajstić information content (AvgIpc) is 3.23. The van der Waals surface area contributed by atoms with Gasteiger partial charge in [-0.05, 0) is 37.3 Å². The number of hydrogen-bond acceptors (Lipinski definition) is 2. The zero-order valence-corrected chi connectivity index (χ0v) is 17.6. The number of carbonyl (C=O) groups excluding carboxylic acids is 2. The number of benzene rings is 2. The molecule has 0 aliphatic heterocycles. The van der Waals surface area contributed by atoms with E-state index in [1.54, 1.807) is 4.90 Å². The molecule has 2 aromatic carbocycles. The predicted molar refractivity (Wildman–Crippen MR) is 116 cm³/mol. The van der Waals surface area contributed by atoms with E-state index in [0.29, 0.717) is 19.4 Å². The first kappa shape index (κ1) is 21.1. The number of aryl methyl sites for hydroxylation is 1. The third-order valence-corrected chi connectivity index (χ3v) is 5.76. The van der Waals surface area contributed by atoms with Crippen molar-refractivity contribution in [1.82, 2.24) is 10.2 Å². The minimum Gasteiger partial charge on any atom is -0.352 e. The predicted octanol–water partition coefficient (Wildman–Crippen LogP) is 4.40. The summed E-state index contributed by atoms with van der Waals surface area (Å²) >= 11 is 0. The van der Waals surface area contributed by atoms with Crippen LogP contribution in [-0.4, -0.2) is 28.8 Å². The molecule has 0 aromatic heterocycles. The summed E-state index contributed by atoms with van der Waals surface area (Å²) < 4.78 is 0. The molecule has 2 amide bonds. The monoisotopic (exact) mass is 392 g/mol. The Hall–Kier alpha value is -2.62. The second-order valence-corrected chi connectivity index (χ2v) is 8.08. The molecule has 1 aliphatic rings. The van der Waals surface area contributed by atoms with Gasteiger partial charge in [0.05, 0.1) is 6.42 Å². The van der Waals surface area contributed by atoms with Crippen molar-refractivity contribution in [3.05, 3.63) is 71.3 Å². The number of rotatable bonds is 8. The molecule has 0 saturated heterocycles. The molecule has 2 aromatic rings. The van der Waals surface area contributed by atoms with Crippen LogP contribution in [0.1, 0.15) is 55.7 Å². The number of carbonyl (C=O) groups is 2. The van der Waals surface area contributed by atoms with Crippen molar-refractivity contribution in [3.8, 4) is 0 Å². The Morgan fingerprint density at radius 3 is 2.28 bits per heavy atom. The normalized spacial score (nSPS) is 15.1. The number of amides is 2. The van der Waals surface area contributed by atoms with Gasteiger partial charge < -0.3 is 10.2 Å². The van der Waals surface area contributed by atoms with Crippen molar-refractivity contribution >= 4 is 11.8 Å². The molecule has 1 aliphatic carbocycles. The van der Waals surface area contributed by atoms with Crippen LogP contribution in [-0.2, 0) is 22.6 Å². The first-order chi connectivity index (χ1) is 14.1. The van der Waals surface area contributed by atoms with E-state index >= 15 is 0 Å². The largest absolute Gasteiger partial charge is 0.352 e. The van der Waals surface area contributed by atoms with Gasteiger partial charge in [0.15, 0.2) is 0 Å². The second kappa shape index (κ2) is 10.2. The minimum atomic E-state index is -0.451. The second-order valence-electron chi connectivity index (χ2n) is 8.08. The van der Waals surface area contributed by atoms with E-state index in [-0.39, 0.29) is 17.9 Å². The third kappa shape index (κ3) is 5.93. The van der Waals surface area contributed by atoms with Gasteiger partial charge in [0.1, 0.15) is 6.04 Å². The standard InChI is InChI=1S/C25H32N2O2/c1-3-23(25(29)26-22-11-7-8-12-22)27(18-21-15-13-19(2)14-16-21)24(28)17-20-9-5-4-6-10-20/h4-6,9-10,13-16,22-23H,3,7-8,11-12,17-18H2,1-2H3,(H,26,29)/t23-/m0/s1. The Labute approximate surface area is 174 Å². The highest BCUT2D eigenvalue weighted by atomic mass is 16.2.